The SMILES string of the molecule is O=C(Cl)c1ccccc1.[N-]=[N+]=[N-]. The molecule has 0 aliphatic heterocycles. The predicted molar refractivity (Wildman–Crippen MR) is 46.7 cm³/mol. The summed E-state index contributed by atoms with van der Waals surface area (Å²) in [5.74, 6) is 0. The van der Waals surface area contributed by atoms with Gasteiger partial charge < -0.3 is 11.1 Å². The van der Waals surface area contributed by atoms with Crippen LogP contribution in [0.25, 0.3) is 16.0 Å². The molecule has 62 valence electrons. The molecule has 0 atom stereocenters. The topological polar surface area (TPSA) is 75.8 Å². The van der Waals surface area contributed by atoms with Crippen LogP contribution in [0.1, 0.15) is 10.4 Å². The van der Waals surface area contributed by atoms with E-state index in [1.54, 1.807) is 24.3 Å². The monoisotopic (exact) mass is 182 g/mol. The van der Waals surface area contributed by atoms with E-state index in [9.17, 15) is 4.79 Å². The molecule has 0 saturated heterocycles. The lowest BCUT2D eigenvalue weighted by Gasteiger charge is -1.87. The summed E-state index contributed by atoms with van der Waals surface area (Å²) in [4.78, 5) is 11.9. The maximum absolute atomic E-state index is 10.4. The minimum absolute atomic E-state index is 0.407. The van der Waals surface area contributed by atoms with E-state index < -0.39 is 5.24 Å². The number of carbonyl (C=O) groups is 1. The zero-order valence-corrected chi connectivity index (χ0v) is 6.77. The van der Waals surface area contributed by atoms with E-state index in [4.69, 9.17) is 22.7 Å². The second-order valence-electron chi connectivity index (χ2n) is 1.73. The Bertz CT molecular complexity index is 280. The molecule has 0 aliphatic carbocycles. The average molecular weight is 183 g/mol. The summed E-state index contributed by atoms with van der Waals surface area (Å²) in [5, 5.41) is -0.407. The second kappa shape index (κ2) is 6.22. The van der Waals surface area contributed by atoms with E-state index in [-0.39, 0.29) is 0 Å². The Morgan fingerprint density at radius 1 is 1.25 bits per heavy atom. The lowest BCUT2D eigenvalue weighted by atomic mass is 10.2. The highest BCUT2D eigenvalue weighted by molar-refractivity contribution is 6.67. The molecule has 0 spiro atoms. The Morgan fingerprint density at radius 2 is 1.67 bits per heavy atom. The van der Waals surface area contributed by atoms with Gasteiger partial charge in [-0.3, -0.25) is 9.71 Å². The van der Waals surface area contributed by atoms with E-state index in [2.05, 4.69) is 0 Å². The molecule has 0 saturated carbocycles. The van der Waals surface area contributed by atoms with Gasteiger partial charge in [0.2, 0.25) is 0 Å². The van der Waals surface area contributed by atoms with Crippen molar-refractivity contribution in [2.24, 2.45) is 0 Å². The van der Waals surface area contributed by atoms with Gasteiger partial charge in [0.1, 0.15) is 0 Å². The zero-order chi connectivity index (χ0) is 9.40. The first kappa shape index (κ1) is 10.5. The number of benzene rings is 1. The fourth-order valence-corrected chi connectivity index (χ4v) is 0.695. The van der Waals surface area contributed by atoms with Gasteiger partial charge in [-0.05, 0) is 11.6 Å². The predicted octanol–water partition coefficient (Wildman–Crippen LogP) is 2.93. The summed E-state index contributed by atoms with van der Waals surface area (Å²) < 4.78 is 0. The first-order valence-electron chi connectivity index (χ1n) is 2.95. The fourth-order valence-electron chi connectivity index (χ4n) is 0.569. The van der Waals surface area contributed by atoms with E-state index in [0.717, 1.165) is 0 Å². The second-order valence-corrected chi connectivity index (χ2v) is 2.07. The lowest BCUT2D eigenvalue weighted by Crippen LogP contribution is -1.84. The molecule has 4 nitrogen and oxygen atoms in total. The van der Waals surface area contributed by atoms with Crippen molar-refractivity contribution in [1.29, 1.82) is 0 Å². The summed E-state index contributed by atoms with van der Waals surface area (Å²) in [5.41, 5.74) is 14.0. The number of rotatable bonds is 1. The van der Waals surface area contributed by atoms with Gasteiger partial charge in [0.15, 0.2) is 0 Å². The molecule has 0 radical (unpaired) electrons. The van der Waals surface area contributed by atoms with Crippen LogP contribution in [0.5, 0.6) is 0 Å². The molecule has 0 bridgehead atoms. The molecular weight excluding hydrogens is 178 g/mol. The van der Waals surface area contributed by atoms with E-state index in [1.165, 1.54) is 4.91 Å². The Hall–Kier alpha value is -1.51. The van der Waals surface area contributed by atoms with Crippen LogP contribution in [0.3, 0.4) is 0 Å². The van der Waals surface area contributed by atoms with Gasteiger partial charge in [-0.25, -0.2) is 0 Å². The molecule has 0 N–H and O–H groups in total. The quantitative estimate of drug-likeness (QED) is 0.285. The van der Waals surface area contributed by atoms with Crippen LogP contribution in [0, 0.1) is 0 Å². The summed E-state index contributed by atoms with van der Waals surface area (Å²) in [7, 11) is 0. The van der Waals surface area contributed by atoms with Crippen molar-refractivity contribution in [1.82, 2.24) is 0 Å². The van der Waals surface area contributed by atoms with Gasteiger partial charge in [-0.15, -0.1) is 0 Å². The Labute approximate surface area is 74.2 Å². The molecule has 12 heavy (non-hydrogen) atoms. The van der Waals surface area contributed by atoms with Crippen LogP contribution >= 0.6 is 11.6 Å². The van der Waals surface area contributed by atoms with Gasteiger partial charge >= 0.3 is 0 Å². The first-order chi connectivity index (χ1) is 5.72. The van der Waals surface area contributed by atoms with Crippen LogP contribution in [0.2, 0.25) is 0 Å². The Kier molecular flexibility index (Phi) is 5.43. The highest BCUT2D eigenvalue weighted by Crippen LogP contribution is 2.01. The van der Waals surface area contributed by atoms with Crippen molar-refractivity contribution in [3.05, 3.63) is 51.9 Å². The molecule has 0 heterocycles. The minimum Gasteiger partial charge on any atom is -0.373 e. The van der Waals surface area contributed by atoms with Gasteiger partial charge in [0, 0.05) is 5.56 Å². The van der Waals surface area contributed by atoms with Gasteiger partial charge in [-0.1, -0.05) is 30.3 Å². The molecule has 1 aromatic rings. The Morgan fingerprint density at radius 3 is 1.92 bits per heavy atom. The number of hydrogen-bond donors (Lipinski definition) is 0. The average Bonchev–Trinajstić information content (AvgIpc) is 2.07. The van der Waals surface area contributed by atoms with Crippen molar-refractivity contribution in [2.45, 2.75) is 0 Å². The molecule has 0 fully saturated rings. The fraction of sp³-hybridized carbons (Fsp3) is 0. The largest absolute Gasteiger partial charge is 0.373 e. The van der Waals surface area contributed by atoms with Crippen LogP contribution in [-0.4, -0.2) is 5.24 Å². The van der Waals surface area contributed by atoms with Gasteiger partial charge in [0.05, 0.1) is 0 Å². The van der Waals surface area contributed by atoms with E-state index in [1.807, 2.05) is 6.07 Å². The molecule has 1 rings (SSSR count). The molecule has 5 heteroatoms. The first-order valence-corrected chi connectivity index (χ1v) is 3.33. The van der Waals surface area contributed by atoms with E-state index >= 15 is 0 Å². The minimum atomic E-state index is -0.407. The lowest BCUT2D eigenvalue weighted by molar-refractivity contribution is 0.108. The highest BCUT2D eigenvalue weighted by atomic mass is 35.5. The standard InChI is InChI=1S/C7H5ClO.N3/c8-7(9)6-4-2-1-3-5-6;1-3-2/h1-5H;/q;-1. The third kappa shape index (κ3) is 4.33. The molecule has 0 aliphatic rings. The van der Waals surface area contributed by atoms with Crippen LogP contribution in [0.4, 0.5) is 0 Å². The number of halogens is 1. The summed E-state index contributed by atoms with van der Waals surface area (Å²) in [6.45, 7) is 0. The number of carbonyl (C=O) groups excluding carboxylic acids is 1. The summed E-state index contributed by atoms with van der Waals surface area (Å²) >= 11 is 5.16. The third-order valence-electron chi connectivity index (χ3n) is 1.00. The van der Waals surface area contributed by atoms with E-state index in [0.29, 0.717) is 5.56 Å². The van der Waals surface area contributed by atoms with Crippen LogP contribution < -0.4 is 0 Å². The molecular formula is C7H5ClN3O-. The van der Waals surface area contributed by atoms with Crippen LogP contribution in [-0.2, 0) is 0 Å². The van der Waals surface area contributed by atoms with Crippen molar-refractivity contribution in [3.8, 4) is 0 Å². The number of nitrogens with zero attached hydrogens (tertiary/aromatic N) is 3. The van der Waals surface area contributed by atoms with Crippen molar-refractivity contribution < 1.29 is 4.79 Å². The third-order valence-corrected chi connectivity index (χ3v) is 1.22. The van der Waals surface area contributed by atoms with Crippen molar-refractivity contribution in [2.75, 3.05) is 0 Å². The molecule has 0 amide bonds. The van der Waals surface area contributed by atoms with Crippen molar-refractivity contribution >= 4 is 16.8 Å². The van der Waals surface area contributed by atoms with Gasteiger partial charge in [0.25, 0.3) is 5.24 Å². The maximum atomic E-state index is 10.4. The summed E-state index contributed by atoms with van der Waals surface area (Å²) in [6.07, 6.45) is 0. The Balaban J connectivity index is 0.000000354. The number of hydrogen-bond acceptors (Lipinski definition) is 1. The normalized spacial score (nSPS) is 7.42. The summed E-state index contributed by atoms with van der Waals surface area (Å²) in [6, 6.07) is 8.74. The van der Waals surface area contributed by atoms with Crippen molar-refractivity contribution in [3.63, 3.8) is 0 Å². The maximum Gasteiger partial charge on any atom is 0.252 e. The molecule has 0 aromatic heterocycles. The van der Waals surface area contributed by atoms with Crippen LogP contribution in [0.15, 0.2) is 30.3 Å². The zero-order valence-electron chi connectivity index (χ0n) is 6.01. The molecule has 0 unspecified atom stereocenters. The van der Waals surface area contributed by atoms with Gasteiger partial charge in [-0.2, -0.15) is 0 Å². The smallest absolute Gasteiger partial charge is 0.252 e. The highest BCUT2D eigenvalue weighted by Gasteiger charge is 1.95. The molecule has 1 aromatic carbocycles.